The van der Waals surface area contributed by atoms with Gasteiger partial charge in [-0.1, -0.05) is 25.8 Å². The molecule has 0 aromatic heterocycles. The van der Waals surface area contributed by atoms with E-state index in [1.807, 2.05) is 0 Å². The van der Waals surface area contributed by atoms with Gasteiger partial charge in [-0.15, -0.1) is 11.8 Å². The second-order valence-electron chi connectivity index (χ2n) is 5.49. The molecule has 1 aliphatic carbocycles. The number of rotatable bonds is 5. The molecule has 18 heavy (non-hydrogen) atoms. The zero-order chi connectivity index (χ0) is 13.0. The Kier molecular flexibility index (Phi) is 5.13. The molecule has 0 amide bonds. The minimum atomic E-state index is 0.303. The lowest BCUT2D eigenvalue weighted by Crippen LogP contribution is -2.21. The van der Waals surface area contributed by atoms with Crippen LogP contribution in [0.3, 0.4) is 0 Å². The highest BCUT2D eigenvalue weighted by molar-refractivity contribution is 8.00. The number of thioether (sulfide) groups is 1. The van der Waals surface area contributed by atoms with Crippen LogP contribution in [0.5, 0.6) is 0 Å². The molecular weight excluding hydrogens is 238 g/mol. The first kappa shape index (κ1) is 14.0. The summed E-state index contributed by atoms with van der Waals surface area (Å²) in [6, 6.07) is 7.22. The molecule has 2 heteroatoms. The first-order valence-corrected chi connectivity index (χ1v) is 8.08. The molecule has 1 saturated carbocycles. The predicted octanol–water partition coefficient (Wildman–Crippen LogP) is 4.31. The third-order valence-electron chi connectivity index (χ3n) is 3.93. The van der Waals surface area contributed by atoms with Crippen LogP contribution in [-0.4, -0.2) is 11.3 Å². The van der Waals surface area contributed by atoms with E-state index < -0.39 is 0 Å². The quantitative estimate of drug-likeness (QED) is 0.856. The third kappa shape index (κ3) is 3.76. The van der Waals surface area contributed by atoms with Gasteiger partial charge in [-0.3, -0.25) is 0 Å². The lowest BCUT2D eigenvalue weighted by atomic mass is 10.0. The summed E-state index contributed by atoms with van der Waals surface area (Å²) in [7, 11) is 0. The summed E-state index contributed by atoms with van der Waals surface area (Å²) < 4.78 is 0. The third-order valence-corrected chi connectivity index (χ3v) is 5.26. The second-order valence-corrected chi connectivity index (χ2v) is 6.86. The molecule has 1 nitrogen and oxygen atoms in total. The van der Waals surface area contributed by atoms with Crippen molar-refractivity contribution in [3.05, 3.63) is 29.3 Å². The van der Waals surface area contributed by atoms with Gasteiger partial charge in [-0.25, -0.2) is 0 Å². The number of hydrogen-bond donors (Lipinski definition) is 1. The van der Waals surface area contributed by atoms with Crippen LogP contribution in [0.2, 0.25) is 0 Å². The molecule has 1 aliphatic rings. The van der Waals surface area contributed by atoms with E-state index in [-0.39, 0.29) is 0 Å². The van der Waals surface area contributed by atoms with Gasteiger partial charge in [0.2, 0.25) is 0 Å². The van der Waals surface area contributed by atoms with Gasteiger partial charge in [-0.05, 0) is 55.9 Å². The number of nitrogens with two attached hydrogens (primary N) is 1. The molecular formula is C16H25NS. The molecule has 1 unspecified atom stereocenters. The first-order valence-electron chi connectivity index (χ1n) is 7.20. The average molecular weight is 263 g/mol. The maximum atomic E-state index is 6.04. The Balaban J connectivity index is 1.99. The van der Waals surface area contributed by atoms with Crippen molar-refractivity contribution in [2.24, 2.45) is 5.73 Å². The van der Waals surface area contributed by atoms with Crippen molar-refractivity contribution in [1.82, 2.24) is 0 Å². The highest BCUT2D eigenvalue weighted by Gasteiger charge is 2.16. The lowest BCUT2D eigenvalue weighted by molar-refractivity contribution is 0.644. The van der Waals surface area contributed by atoms with E-state index in [4.69, 9.17) is 5.73 Å². The zero-order valence-corrected chi connectivity index (χ0v) is 12.4. The van der Waals surface area contributed by atoms with Gasteiger partial charge in [0.25, 0.3) is 0 Å². The Labute approximate surface area is 116 Å². The van der Waals surface area contributed by atoms with Crippen molar-refractivity contribution in [2.75, 3.05) is 0 Å². The Morgan fingerprint density at radius 3 is 2.67 bits per heavy atom. The Morgan fingerprint density at radius 2 is 2.06 bits per heavy atom. The van der Waals surface area contributed by atoms with Gasteiger partial charge in [-0.2, -0.15) is 0 Å². The lowest BCUT2D eigenvalue weighted by Gasteiger charge is -2.14. The van der Waals surface area contributed by atoms with Crippen molar-refractivity contribution in [2.45, 2.75) is 68.6 Å². The van der Waals surface area contributed by atoms with E-state index in [1.54, 1.807) is 0 Å². The molecule has 1 fully saturated rings. The fourth-order valence-corrected chi connectivity index (χ4v) is 3.94. The van der Waals surface area contributed by atoms with Crippen LogP contribution >= 0.6 is 11.8 Å². The van der Waals surface area contributed by atoms with E-state index in [9.17, 15) is 0 Å². The first-order chi connectivity index (χ1) is 8.69. The minimum Gasteiger partial charge on any atom is -0.327 e. The average Bonchev–Trinajstić information content (AvgIpc) is 2.85. The summed E-state index contributed by atoms with van der Waals surface area (Å²) in [5.41, 5.74) is 8.86. The van der Waals surface area contributed by atoms with Gasteiger partial charge in [0.1, 0.15) is 0 Å². The smallest absolute Gasteiger partial charge is 0.00944 e. The van der Waals surface area contributed by atoms with Gasteiger partial charge in [0, 0.05) is 16.2 Å². The zero-order valence-electron chi connectivity index (χ0n) is 11.6. The highest BCUT2D eigenvalue weighted by atomic mass is 32.2. The van der Waals surface area contributed by atoms with Crippen LogP contribution in [0.1, 0.15) is 50.2 Å². The molecule has 0 aliphatic heterocycles. The highest BCUT2D eigenvalue weighted by Crippen LogP contribution is 2.35. The van der Waals surface area contributed by atoms with E-state index in [0.717, 1.165) is 18.1 Å². The molecule has 2 rings (SSSR count). The molecule has 1 aromatic rings. The SMILES string of the molecule is CCC(N)Cc1ccc(SC2CCCC2)cc1C. The van der Waals surface area contributed by atoms with Crippen LogP contribution in [-0.2, 0) is 6.42 Å². The molecule has 0 bridgehead atoms. The number of benzene rings is 1. The summed E-state index contributed by atoms with van der Waals surface area (Å²) in [5, 5.41) is 0.855. The van der Waals surface area contributed by atoms with E-state index in [0.29, 0.717) is 6.04 Å². The molecule has 2 N–H and O–H groups in total. The van der Waals surface area contributed by atoms with Gasteiger partial charge in [0.15, 0.2) is 0 Å². The molecule has 0 heterocycles. The van der Waals surface area contributed by atoms with Crippen LogP contribution in [0, 0.1) is 6.92 Å². The molecule has 0 saturated heterocycles. The van der Waals surface area contributed by atoms with Crippen LogP contribution in [0.25, 0.3) is 0 Å². The monoisotopic (exact) mass is 263 g/mol. The molecule has 1 atom stereocenters. The summed E-state index contributed by atoms with van der Waals surface area (Å²) in [6.07, 6.45) is 7.69. The van der Waals surface area contributed by atoms with Crippen molar-refractivity contribution >= 4 is 11.8 Å². The fraction of sp³-hybridized carbons (Fsp3) is 0.625. The van der Waals surface area contributed by atoms with Crippen molar-refractivity contribution in [3.63, 3.8) is 0 Å². The van der Waals surface area contributed by atoms with Gasteiger partial charge >= 0.3 is 0 Å². The summed E-state index contributed by atoms with van der Waals surface area (Å²) in [5.74, 6) is 0. The number of aryl methyl sites for hydroxylation is 1. The van der Waals surface area contributed by atoms with Gasteiger partial charge in [0.05, 0.1) is 0 Å². The molecule has 100 valence electrons. The van der Waals surface area contributed by atoms with Gasteiger partial charge < -0.3 is 5.73 Å². The summed E-state index contributed by atoms with van der Waals surface area (Å²) in [6.45, 7) is 4.38. The van der Waals surface area contributed by atoms with Crippen molar-refractivity contribution in [1.29, 1.82) is 0 Å². The molecule has 1 aromatic carbocycles. The standard InChI is InChI=1S/C16H25NS/c1-3-14(17)11-13-8-9-16(10-12(13)2)18-15-6-4-5-7-15/h8-10,14-15H,3-7,11,17H2,1-2H3. The Hall–Kier alpha value is -0.470. The van der Waals surface area contributed by atoms with E-state index in [1.165, 1.54) is 41.7 Å². The number of hydrogen-bond acceptors (Lipinski definition) is 2. The van der Waals surface area contributed by atoms with E-state index in [2.05, 4.69) is 43.8 Å². The summed E-state index contributed by atoms with van der Waals surface area (Å²) in [4.78, 5) is 1.44. The van der Waals surface area contributed by atoms with Crippen molar-refractivity contribution < 1.29 is 0 Å². The maximum Gasteiger partial charge on any atom is 0.00944 e. The minimum absolute atomic E-state index is 0.303. The van der Waals surface area contributed by atoms with Crippen LogP contribution < -0.4 is 5.73 Å². The maximum absolute atomic E-state index is 6.04. The Morgan fingerprint density at radius 1 is 1.33 bits per heavy atom. The molecule has 0 radical (unpaired) electrons. The Bertz CT molecular complexity index is 383. The fourth-order valence-electron chi connectivity index (χ4n) is 2.60. The largest absolute Gasteiger partial charge is 0.327 e. The van der Waals surface area contributed by atoms with E-state index >= 15 is 0 Å². The van der Waals surface area contributed by atoms with Crippen LogP contribution in [0.15, 0.2) is 23.1 Å². The molecule has 0 spiro atoms. The summed E-state index contributed by atoms with van der Waals surface area (Å²) >= 11 is 2.07. The second kappa shape index (κ2) is 6.63. The van der Waals surface area contributed by atoms with Crippen LogP contribution in [0.4, 0.5) is 0 Å². The normalized spacial score (nSPS) is 18.2. The predicted molar refractivity (Wildman–Crippen MR) is 81.3 cm³/mol. The topological polar surface area (TPSA) is 26.0 Å². The van der Waals surface area contributed by atoms with Crippen molar-refractivity contribution in [3.8, 4) is 0 Å².